The van der Waals surface area contributed by atoms with Gasteiger partial charge in [0.25, 0.3) is 0 Å². The first-order chi connectivity index (χ1) is 11.9. The van der Waals surface area contributed by atoms with Crippen molar-refractivity contribution in [3.63, 3.8) is 0 Å². The van der Waals surface area contributed by atoms with Gasteiger partial charge in [-0.15, -0.1) is 11.3 Å². The van der Waals surface area contributed by atoms with E-state index in [2.05, 4.69) is 29.1 Å². The molecule has 3 aromatic rings. The lowest BCUT2D eigenvalue weighted by atomic mass is 9.89. The van der Waals surface area contributed by atoms with Crippen molar-refractivity contribution in [2.45, 2.75) is 52.4 Å². The number of hydrogen-bond acceptors (Lipinski definition) is 7. The maximum absolute atomic E-state index is 9.55. The van der Waals surface area contributed by atoms with Crippen molar-refractivity contribution < 1.29 is 9.84 Å². The minimum Gasteiger partial charge on any atom is -0.392 e. The van der Waals surface area contributed by atoms with Crippen molar-refractivity contribution in [1.82, 2.24) is 15.0 Å². The molecule has 1 aliphatic rings. The zero-order valence-corrected chi connectivity index (χ0v) is 15.7. The molecule has 1 unspecified atom stereocenters. The monoisotopic (exact) mass is 358 g/mol. The molecule has 0 aromatic carbocycles. The molecule has 0 aliphatic carbocycles. The third-order valence-corrected chi connectivity index (χ3v) is 5.68. The summed E-state index contributed by atoms with van der Waals surface area (Å²) >= 11 is 1.61. The zero-order valence-electron chi connectivity index (χ0n) is 14.9. The van der Waals surface area contributed by atoms with E-state index in [1.165, 1.54) is 11.1 Å². The number of hydrogen-bond donors (Lipinski definition) is 2. The Morgan fingerprint density at radius 1 is 1.36 bits per heavy atom. The highest BCUT2D eigenvalue weighted by Gasteiger charge is 2.30. The number of aromatic nitrogens is 3. The molecule has 0 amide bonds. The normalized spacial score (nSPS) is 17.6. The van der Waals surface area contributed by atoms with Crippen LogP contribution in [-0.4, -0.2) is 38.3 Å². The Morgan fingerprint density at radius 3 is 2.92 bits per heavy atom. The minimum atomic E-state index is -0.439. The molecule has 0 spiro atoms. The average molecular weight is 358 g/mol. The van der Waals surface area contributed by atoms with Gasteiger partial charge < -0.3 is 15.2 Å². The first-order valence-corrected chi connectivity index (χ1v) is 9.29. The van der Waals surface area contributed by atoms with Crippen LogP contribution in [-0.2, 0) is 17.8 Å². The fraction of sp³-hybridized carbons (Fsp3) is 0.500. The highest BCUT2D eigenvalue weighted by Crippen LogP contribution is 2.41. The topological polar surface area (TPSA) is 80.2 Å². The van der Waals surface area contributed by atoms with Crippen LogP contribution in [0, 0.1) is 6.92 Å². The standard InChI is InChI=1S/C18H22N4O2S/c1-9(23)6-19-16-15-14(20-8-21-16)13-11-5-18(3,4)24-7-12(11)10(2)22-17(13)25-15/h8-9,23H,5-7H2,1-4H3,(H,19,20,21). The van der Waals surface area contributed by atoms with E-state index in [-0.39, 0.29) is 5.60 Å². The van der Waals surface area contributed by atoms with Gasteiger partial charge in [-0.25, -0.2) is 15.0 Å². The molecule has 4 rings (SSSR count). The molecule has 0 radical (unpaired) electrons. The molecule has 0 bridgehead atoms. The number of aliphatic hydroxyl groups is 1. The maximum Gasteiger partial charge on any atom is 0.147 e. The lowest BCUT2D eigenvalue weighted by molar-refractivity contribution is -0.0400. The maximum atomic E-state index is 9.55. The van der Waals surface area contributed by atoms with Gasteiger partial charge in [0.05, 0.1) is 28.5 Å². The first-order valence-electron chi connectivity index (χ1n) is 8.47. The highest BCUT2D eigenvalue weighted by molar-refractivity contribution is 7.26. The summed E-state index contributed by atoms with van der Waals surface area (Å²) in [6.07, 6.45) is 1.98. The van der Waals surface area contributed by atoms with Gasteiger partial charge in [0.15, 0.2) is 0 Å². The second-order valence-corrected chi connectivity index (χ2v) is 8.29. The highest BCUT2D eigenvalue weighted by atomic mass is 32.1. The predicted molar refractivity (Wildman–Crippen MR) is 100 cm³/mol. The Balaban J connectivity index is 1.96. The largest absolute Gasteiger partial charge is 0.392 e. The van der Waals surface area contributed by atoms with Crippen LogP contribution in [0.2, 0.25) is 0 Å². The number of nitrogens with one attached hydrogen (secondary N) is 1. The number of rotatable bonds is 3. The summed E-state index contributed by atoms with van der Waals surface area (Å²) in [5.74, 6) is 0.756. The molecular formula is C18H22N4O2S. The molecule has 0 saturated carbocycles. The molecule has 2 N–H and O–H groups in total. The van der Waals surface area contributed by atoms with E-state index in [1.54, 1.807) is 24.6 Å². The second kappa shape index (κ2) is 5.86. The predicted octanol–water partition coefficient (Wildman–Crippen LogP) is 3.19. The van der Waals surface area contributed by atoms with Gasteiger partial charge in [0, 0.05) is 29.6 Å². The average Bonchev–Trinajstić information content (AvgIpc) is 2.90. The van der Waals surface area contributed by atoms with Crippen LogP contribution >= 0.6 is 11.3 Å². The Labute approximate surface area is 150 Å². The number of ether oxygens (including phenoxy) is 1. The van der Waals surface area contributed by atoms with Crippen molar-refractivity contribution in [3.05, 3.63) is 23.1 Å². The van der Waals surface area contributed by atoms with Crippen molar-refractivity contribution in [1.29, 1.82) is 0 Å². The van der Waals surface area contributed by atoms with Crippen LogP contribution in [0.25, 0.3) is 20.4 Å². The second-order valence-electron chi connectivity index (χ2n) is 7.29. The van der Waals surface area contributed by atoms with Crippen LogP contribution in [0.4, 0.5) is 5.82 Å². The van der Waals surface area contributed by atoms with Gasteiger partial charge in [-0.1, -0.05) is 0 Å². The van der Waals surface area contributed by atoms with E-state index in [0.29, 0.717) is 13.2 Å². The first kappa shape index (κ1) is 16.6. The molecule has 1 aliphatic heterocycles. The van der Waals surface area contributed by atoms with Crippen LogP contribution in [0.1, 0.15) is 37.6 Å². The van der Waals surface area contributed by atoms with E-state index in [9.17, 15) is 5.11 Å². The van der Waals surface area contributed by atoms with E-state index < -0.39 is 6.10 Å². The lowest BCUT2D eigenvalue weighted by Crippen LogP contribution is -2.32. The molecule has 3 aromatic heterocycles. The molecule has 0 saturated heterocycles. The minimum absolute atomic E-state index is 0.192. The van der Waals surface area contributed by atoms with Crippen LogP contribution < -0.4 is 5.32 Å². The molecular weight excluding hydrogens is 336 g/mol. The summed E-state index contributed by atoms with van der Waals surface area (Å²) in [5.41, 5.74) is 4.25. The fourth-order valence-corrected chi connectivity index (χ4v) is 4.51. The van der Waals surface area contributed by atoms with Crippen LogP contribution in [0.3, 0.4) is 0 Å². The van der Waals surface area contributed by atoms with E-state index in [0.717, 1.165) is 38.4 Å². The molecule has 25 heavy (non-hydrogen) atoms. The Hall–Kier alpha value is -1.83. The van der Waals surface area contributed by atoms with Crippen LogP contribution in [0.15, 0.2) is 6.33 Å². The van der Waals surface area contributed by atoms with Crippen molar-refractivity contribution in [2.24, 2.45) is 0 Å². The Bertz CT molecular complexity index is 965. The summed E-state index contributed by atoms with van der Waals surface area (Å²) < 4.78 is 6.98. The number of fused-ring (bicyclic) bond motifs is 5. The van der Waals surface area contributed by atoms with Gasteiger partial charge >= 0.3 is 0 Å². The van der Waals surface area contributed by atoms with Gasteiger partial charge in [0.1, 0.15) is 17.0 Å². The van der Waals surface area contributed by atoms with Crippen LogP contribution in [0.5, 0.6) is 0 Å². The Morgan fingerprint density at radius 2 is 2.16 bits per heavy atom. The SMILES string of the molecule is Cc1nc2sc3c(NCC(C)O)ncnc3c2c2c1COC(C)(C)C2. The summed E-state index contributed by atoms with van der Waals surface area (Å²) in [6, 6.07) is 0. The van der Waals surface area contributed by atoms with Crippen molar-refractivity contribution in [2.75, 3.05) is 11.9 Å². The van der Waals surface area contributed by atoms with E-state index in [1.807, 2.05) is 6.92 Å². The third kappa shape index (κ3) is 2.86. The summed E-state index contributed by atoms with van der Waals surface area (Å²) in [7, 11) is 0. The summed E-state index contributed by atoms with van der Waals surface area (Å²) in [4.78, 5) is 14.7. The zero-order chi connectivity index (χ0) is 17.8. The van der Waals surface area contributed by atoms with Gasteiger partial charge in [-0.3, -0.25) is 0 Å². The molecule has 132 valence electrons. The summed E-state index contributed by atoms with van der Waals surface area (Å²) in [6.45, 7) is 9.08. The van der Waals surface area contributed by atoms with Crippen molar-refractivity contribution in [3.8, 4) is 0 Å². The third-order valence-electron chi connectivity index (χ3n) is 4.60. The molecule has 0 fully saturated rings. The van der Waals surface area contributed by atoms with E-state index in [4.69, 9.17) is 9.72 Å². The number of nitrogens with zero attached hydrogens (tertiary/aromatic N) is 3. The number of thiophene rings is 1. The molecule has 7 heteroatoms. The van der Waals surface area contributed by atoms with Gasteiger partial charge in [-0.2, -0.15) is 0 Å². The summed E-state index contributed by atoms with van der Waals surface area (Å²) in [5, 5.41) is 13.9. The van der Waals surface area contributed by atoms with Gasteiger partial charge in [-0.05, 0) is 33.3 Å². The number of pyridine rings is 1. The Kier molecular flexibility index (Phi) is 3.90. The fourth-order valence-electron chi connectivity index (χ4n) is 3.34. The number of aliphatic hydroxyl groups excluding tert-OH is 1. The number of anilines is 1. The lowest BCUT2D eigenvalue weighted by Gasteiger charge is -2.32. The van der Waals surface area contributed by atoms with E-state index >= 15 is 0 Å². The quantitative estimate of drug-likeness (QED) is 0.748. The number of aryl methyl sites for hydroxylation is 1. The molecule has 4 heterocycles. The smallest absolute Gasteiger partial charge is 0.147 e. The van der Waals surface area contributed by atoms with Crippen molar-refractivity contribution >= 4 is 37.6 Å². The molecule has 6 nitrogen and oxygen atoms in total. The molecule has 1 atom stereocenters. The van der Waals surface area contributed by atoms with Gasteiger partial charge in [0.2, 0.25) is 0 Å².